The van der Waals surface area contributed by atoms with Crippen molar-refractivity contribution in [2.45, 2.75) is 97.8 Å². The predicted molar refractivity (Wildman–Crippen MR) is 158 cm³/mol. The molecule has 0 aliphatic heterocycles. The van der Waals surface area contributed by atoms with Gasteiger partial charge in [0.15, 0.2) is 0 Å². The number of benzene rings is 3. The summed E-state index contributed by atoms with van der Waals surface area (Å²) in [4.78, 5) is 0. The van der Waals surface area contributed by atoms with Crippen molar-refractivity contribution < 1.29 is 13.6 Å². The van der Waals surface area contributed by atoms with Crippen molar-refractivity contribution in [1.82, 2.24) is 0 Å². The first-order valence-corrected chi connectivity index (χ1v) is 14.7. The molecule has 0 unspecified atom stereocenters. The van der Waals surface area contributed by atoms with Crippen molar-refractivity contribution in [3.05, 3.63) is 89.5 Å². The monoisotopic (exact) mass is 520 g/mol. The molecule has 0 aliphatic rings. The minimum atomic E-state index is -1.79. The molecule has 3 aromatic rings. The smallest absolute Gasteiger partial charge is 0.408 e. The molecule has 0 saturated carbocycles. The molecule has 0 radical (unpaired) electrons. The highest BCUT2D eigenvalue weighted by molar-refractivity contribution is 7.43. The first-order valence-electron chi connectivity index (χ1n) is 13.6. The number of para-hydroxylation sites is 3. The molecular weight excluding hydrogens is 475 g/mol. The molecule has 0 heterocycles. The number of rotatable bonds is 12. The minimum Gasteiger partial charge on any atom is -0.408 e. The van der Waals surface area contributed by atoms with Crippen LogP contribution in [0.2, 0.25) is 0 Å². The third-order valence-corrected chi connectivity index (χ3v) is 9.06. The molecule has 0 N–H and O–H groups in total. The molecule has 3 nitrogen and oxygen atoms in total. The van der Waals surface area contributed by atoms with Gasteiger partial charge in [-0.3, -0.25) is 0 Å². The van der Waals surface area contributed by atoms with E-state index in [9.17, 15) is 0 Å². The fourth-order valence-electron chi connectivity index (χ4n) is 4.18. The Morgan fingerprint density at radius 1 is 0.459 bits per heavy atom. The van der Waals surface area contributed by atoms with Crippen LogP contribution in [0.15, 0.2) is 72.8 Å². The van der Waals surface area contributed by atoms with Gasteiger partial charge in [-0.05, 0) is 53.7 Å². The van der Waals surface area contributed by atoms with E-state index in [1.807, 2.05) is 36.4 Å². The predicted octanol–water partition coefficient (Wildman–Crippen LogP) is 10.5. The Labute approximate surface area is 226 Å². The third kappa shape index (κ3) is 6.88. The highest BCUT2D eigenvalue weighted by Gasteiger charge is 2.31. The highest BCUT2D eigenvalue weighted by Crippen LogP contribution is 2.49. The van der Waals surface area contributed by atoms with Gasteiger partial charge in [-0.1, -0.05) is 117 Å². The van der Waals surface area contributed by atoms with Crippen molar-refractivity contribution in [3.8, 4) is 17.2 Å². The van der Waals surface area contributed by atoms with Gasteiger partial charge >= 0.3 is 8.60 Å². The normalized spacial score (nSPS) is 12.5. The van der Waals surface area contributed by atoms with Gasteiger partial charge in [0.1, 0.15) is 17.2 Å². The zero-order valence-electron chi connectivity index (χ0n) is 24.2. The molecule has 37 heavy (non-hydrogen) atoms. The molecule has 0 saturated heterocycles. The molecule has 0 spiro atoms. The molecule has 3 rings (SSSR count). The molecule has 0 bridgehead atoms. The van der Waals surface area contributed by atoms with Gasteiger partial charge in [-0.15, -0.1) is 0 Å². The van der Waals surface area contributed by atoms with E-state index in [1.54, 1.807) is 0 Å². The fraction of sp³-hybridized carbons (Fsp3) is 0.455. The van der Waals surface area contributed by atoms with Crippen LogP contribution in [-0.4, -0.2) is 0 Å². The molecule has 0 aromatic heterocycles. The fourth-order valence-corrected chi connectivity index (χ4v) is 5.26. The summed E-state index contributed by atoms with van der Waals surface area (Å²) in [5, 5.41) is 0. The van der Waals surface area contributed by atoms with Gasteiger partial charge in [-0.2, -0.15) is 0 Å². The Kier molecular flexibility index (Phi) is 9.35. The average Bonchev–Trinajstić information content (AvgIpc) is 2.89. The van der Waals surface area contributed by atoms with E-state index >= 15 is 0 Å². The Hall–Kier alpha value is -2.51. The Balaban J connectivity index is 2.08. The molecule has 0 fully saturated rings. The average molecular weight is 521 g/mol. The van der Waals surface area contributed by atoms with Crippen LogP contribution >= 0.6 is 8.60 Å². The summed E-state index contributed by atoms with van der Waals surface area (Å²) in [6.07, 6.45) is 2.98. The molecule has 0 atom stereocenters. The molecule has 200 valence electrons. The van der Waals surface area contributed by atoms with Gasteiger partial charge in [0.25, 0.3) is 0 Å². The summed E-state index contributed by atoms with van der Waals surface area (Å²) >= 11 is 0. The van der Waals surface area contributed by atoms with Crippen molar-refractivity contribution in [2.24, 2.45) is 0 Å². The molecule has 0 amide bonds. The van der Waals surface area contributed by atoms with Gasteiger partial charge in [-0.25, -0.2) is 0 Å². The largest absolute Gasteiger partial charge is 0.530 e. The summed E-state index contributed by atoms with van der Waals surface area (Å²) < 4.78 is 20.0. The standard InChI is InChI=1S/C33H45O3P/c1-10-31(4,5)25-19-13-16-22-28(25)34-37(35-29-23-17-14-20-26(29)32(6,7)11-2)36-30-24-18-15-21-27(30)33(8,9)12-3/h13-24H,10-12H2,1-9H3. The summed E-state index contributed by atoms with van der Waals surface area (Å²) in [7, 11) is -1.79. The van der Waals surface area contributed by atoms with Crippen molar-refractivity contribution in [2.75, 3.05) is 0 Å². The van der Waals surface area contributed by atoms with Gasteiger partial charge in [0.2, 0.25) is 0 Å². The van der Waals surface area contributed by atoms with Crippen LogP contribution in [0.3, 0.4) is 0 Å². The molecule has 4 heteroatoms. The van der Waals surface area contributed by atoms with E-state index in [-0.39, 0.29) is 16.2 Å². The third-order valence-electron chi connectivity index (χ3n) is 8.02. The van der Waals surface area contributed by atoms with Crippen LogP contribution in [0, 0.1) is 0 Å². The van der Waals surface area contributed by atoms with Gasteiger partial charge in [0, 0.05) is 16.7 Å². The lowest BCUT2D eigenvalue weighted by atomic mass is 9.82. The van der Waals surface area contributed by atoms with E-state index in [4.69, 9.17) is 13.6 Å². The van der Waals surface area contributed by atoms with Crippen LogP contribution in [0.4, 0.5) is 0 Å². The Morgan fingerprint density at radius 2 is 0.703 bits per heavy atom. The maximum Gasteiger partial charge on any atom is 0.530 e. The van der Waals surface area contributed by atoms with Crippen molar-refractivity contribution in [3.63, 3.8) is 0 Å². The molecular formula is C33H45O3P. The lowest BCUT2D eigenvalue weighted by molar-refractivity contribution is 0.366. The van der Waals surface area contributed by atoms with Gasteiger partial charge < -0.3 is 13.6 Å². The quantitative estimate of drug-likeness (QED) is 0.222. The second kappa shape index (κ2) is 11.9. The summed E-state index contributed by atoms with van der Waals surface area (Å²) in [6.45, 7) is 20.1. The van der Waals surface area contributed by atoms with E-state index in [0.717, 1.165) is 53.2 Å². The van der Waals surface area contributed by atoms with Crippen LogP contribution in [0.5, 0.6) is 17.2 Å². The number of hydrogen-bond donors (Lipinski definition) is 0. The van der Waals surface area contributed by atoms with Crippen molar-refractivity contribution in [1.29, 1.82) is 0 Å². The summed E-state index contributed by atoms with van der Waals surface area (Å²) in [5.74, 6) is 2.42. The van der Waals surface area contributed by atoms with E-state index in [0.29, 0.717) is 0 Å². The minimum absolute atomic E-state index is 0.0399. The topological polar surface area (TPSA) is 27.7 Å². The van der Waals surface area contributed by atoms with E-state index in [2.05, 4.69) is 98.7 Å². The summed E-state index contributed by atoms with van der Waals surface area (Å²) in [6, 6.07) is 24.8. The Morgan fingerprint density at radius 3 is 0.946 bits per heavy atom. The highest BCUT2D eigenvalue weighted by atomic mass is 31.2. The zero-order chi connectivity index (χ0) is 27.3. The summed E-state index contributed by atoms with van der Waals surface area (Å²) in [5.41, 5.74) is 3.34. The van der Waals surface area contributed by atoms with E-state index < -0.39 is 8.60 Å². The van der Waals surface area contributed by atoms with Gasteiger partial charge in [0.05, 0.1) is 0 Å². The first-order chi connectivity index (χ1) is 17.4. The van der Waals surface area contributed by atoms with Crippen molar-refractivity contribution >= 4 is 8.60 Å². The second-order valence-electron chi connectivity index (χ2n) is 11.7. The maximum absolute atomic E-state index is 6.66. The molecule has 0 aliphatic carbocycles. The van der Waals surface area contributed by atoms with Crippen LogP contribution in [-0.2, 0) is 16.2 Å². The van der Waals surface area contributed by atoms with Crippen LogP contribution in [0.1, 0.15) is 98.3 Å². The zero-order valence-corrected chi connectivity index (χ0v) is 25.1. The maximum atomic E-state index is 6.66. The second-order valence-corrected chi connectivity index (χ2v) is 12.7. The lowest BCUT2D eigenvalue weighted by Gasteiger charge is -2.30. The first kappa shape index (κ1) is 29.1. The number of hydrogen-bond acceptors (Lipinski definition) is 3. The SMILES string of the molecule is CCC(C)(C)c1ccccc1OP(Oc1ccccc1C(C)(C)CC)Oc1ccccc1C(C)(C)CC. The Bertz CT molecular complexity index is 1020. The van der Waals surface area contributed by atoms with E-state index in [1.165, 1.54) is 0 Å². The molecule has 3 aromatic carbocycles. The van der Waals surface area contributed by atoms with Crippen LogP contribution < -0.4 is 13.6 Å². The lowest BCUT2D eigenvalue weighted by Crippen LogP contribution is -2.19. The van der Waals surface area contributed by atoms with Crippen LogP contribution in [0.25, 0.3) is 0 Å².